The molecule has 0 unspecified atom stereocenters. The quantitative estimate of drug-likeness (QED) is 0.609. The summed E-state index contributed by atoms with van der Waals surface area (Å²) in [6, 6.07) is -0.159. The van der Waals surface area contributed by atoms with Crippen molar-refractivity contribution in [2.24, 2.45) is 5.92 Å². The molecule has 0 heterocycles. The van der Waals surface area contributed by atoms with Crippen LogP contribution in [0.3, 0.4) is 0 Å². The molecule has 0 aromatic carbocycles. The normalized spacial score (nSPS) is 29.3. The van der Waals surface area contributed by atoms with Gasteiger partial charge in [0, 0.05) is 12.0 Å². The molecule has 4 heteroatoms. The average Bonchev–Trinajstić information content (AvgIpc) is 2.04. The van der Waals surface area contributed by atoms with Gasteiger partial charge in [-0.15, -0.1) is 0 Å². The van der Waals surface area contributed by atoms with Crippen molar-refractivity contribution < 1.29 is 14.7 Å². The van der Waals surface area contributed by atoms with Crippen LogP contribution in [-0.2, 0) is 4.79 Å². The number of carbonyl (C=O) groups excluding carboxylic acids is 1. The van der Waals surface area contributed by atoms with E-state index in [0.29, 0.717) is 0 Å². The number of carbonyl (C=O) groups is 2. The van der Waals surface area contributed by atoms with Crippen LogP contribution in [0.15, 0.2) is 0 Å². The second-order valence-corrected chi connectivity index (χ2v) is 3.14. The van der Waals surface area contributed by atoms with E-state index in [1.54, 1.807) is 0 Å². The highest BCUT2D eigenvalue weighted by atomic mass is 16.4. The highest BCUT2D eigenvalue weighted by Gasteiger charge is 2.25. The summed E-state index contributed by atoms with van der Waals surface area (Å²) in [5.41, 5.74) is 0. The lowest BCUT2D eigenvalue weighted by Crippen LogP contribution is -2.41. The molecule has 1 rings (SSSR count). The van der Waals surface area contributed by atoms with Gasteiger partial charge in [-0.3, -0.25) is 0 Å². The van der Waals surface area contributed by atoms with Crippen molar-refractivity contribution in [2.45, 2.75) is 31.7 Å². The van der Waals surface area contributed by atoms with Crippen LogP contribution in [0.4, 0.5) is 4.79 Å². The predicted octanol–water partition coefficient (Wildman–Crippen LogP) is 1.01. The maximum Gasteiger partial charge on any atom is 0.404 e. The molecule has 0 saturated heterocycles. The van der Waals surface area contributed by atoms with Crippen LogP contribution in [0.2, 0.25) is 0 Å². The zero-order valence-corrected chi connectivity index (χ0v) is 6.82. The Bertz CT molecular complexity index is 181. The molecule has 0 radical (unpaired) electrons. The molecule has 0 aromatic rings. The van der Waals surface area contributed by atoms with E-state index in [4.69, 9.17) is 5.11 Å². The predicted molar refractivity (Wildman–Crippen MR) is 43.0 cm³/mol. The monoisotopic (exact) mass is 171 g/mol. The highest BCUT2D eigenvalue weighted by Crippen LogP contribution is 2.22. The van der Waals surface area contributed by atoms with E-state index in [1.807, 2.05) is 0 Å². The molecule has 0 spiro atoms. The molecule has 1 saturated carbocycles. The SMILES string of the molecule is O=C[C@@H]1CCCC[C@H]1NC(=O)O. The second kappa shape index (κ2) is 4.09. The van der Waals surface area contributed by atoms with Crippen molar-refractivity contribution in [3.63, 3.8) is 0 Å². The maximum atomic E-state index is 10.5. The van der Waals surface area contributed by atoms with E-state index < -0.39 is 6.09 Å². The molecule has 1 amide bonds. The van der Waals surface area contributed by atoms with Crippen molar-refractivity contribution in [3.8, 4) is 0 Å². The van der Waals surface area contributed by atoms with Crippen LogP contribution in [0, 0.1) is 5.92 Å². The van der Waals surface area contributed by atoms with E-state index in [0.717, 1.165) is 32.0 Å². The summed E-state index contributed by atoms with van der Waals surface area (Å²) in [7, 11) is 0. The van der Waals surface area contributed by atoms with E-state index >= 15 is 0 Å². The Kier molecular flexibility index (Phi) is 3.08. The van der Waals surface area contributed by atoms with Crippen molar-refractivity contribution in [2.75, 3.05) is 0 Å². The average molecular weight is 171 g/mol. The lowest BCUT2D eigenvalue weighted by Gasteiger charge is -2.27. The van der Waals surface area contributed by atoms with Crippen molar-refractivity contribution in [1.82, 2.24) is 5.32 Å². The van der Waals surface area contributed by atoms with Crippen LogP contribution in [0.25, 0.3) is 0 Å². The van der Waals surface area contributed by atoms with Gasteiger partial charge in [-0.05, 0) is 12.8 Å². The van der Waals surface area contributed by atoms with E-state index in [1.165, 1.54) is 0 Å². The fourth-order valence-electron chi connectivity index (χ4n) is 1.66. The summed E-state index contributed by atoms with van der Waals surface area (Å²) in [6.45, 7) is 0. The van der Waals surface area contributed by atoms with Gasteiger partial charge in [-0.2, -0.15) is 0 Å². The van der Waals surface area contributed by atoms with Crippen molar-refractivity contribution in [3.05, 3.63) is 0 Å². The molecule has 1 fully saturated rings. The lowest BCUT2D eigenvalue weighted by atomic mass is 9.86. The minimum atomic E-state index is -1.03. The Balaban J connectivity index is 2.46. The van der Waals surface area contributed by atoms with E-state index in [9.17, 15) is 9.59 Å². The van der Waals surface area contributed by atoms with Gasteiger partial charge in [0.1, 0.15) is 6.29 Å². The van der Waals surface area contributed by atoms with Crippen LogP contribution >= 0.6 is 0 Å². The molecule has 2 atom stereocenters. The van der Waals surface area contributed by atoms with Crippen LogP contribution in [0.1, 0.15) is 25.7 Å². The Morgan fingerprint density at radius 2 is 2.08 bits per heavy atom. The van der Waals surface area contributed by atoms with Crippen molar-refractivity contribution >= 4 is 12.4 Å². The first-order chi connectivity index (χ1) is 5.74. The zero-order valence-electron chi connectivity index (χ0n) is 6.82. The summed E-state index contributed by atoms with van der Waals surface area (Å²) in [6.07, 6.45) is 3.47. The van der Waals surface area contributed by atoms with Crippen LogP contribution < -0.4 is 5.32 Å². The first-order valence-electron chi connectivity index (χ1n) is 4.19. The number of rotatable bonds is 2. The first kappa shape index (κ1) is 9.03. The molecule has 1 aliphatic rings. The minimum absolute atomic E-state index is 0.116. The smallest absolute Gasteiger partial charge is 0.404 e. The highest BCUT2D eigenvalue weighted by molar-refractivity contribution is 5.66. The Hall–Kier alpha value is -1.06. The molecular weight excluding hydrogens is 158 g/mol. The van der Waals surface area contributed by atoms with Gasteiger partial charge >= 0.3 is 6.09 Å². The van der Waals surface area contributed by atoms with E-state index in [2.05, 4.69) is 5.32 Å². The Morgan fingerprint density at radius 3 is 2.67 bits per heavy atom. The number of carboxylic acid groups (broad SMARTS) is 1. The van der Waals surface area contributed by atoms with Crippen LogP contribution in [-0.4, -0.2) is 23.5 Å². The minimum Gasteiger partial charge on any atom is -0.465 e. The van der Waals surface area contributed by atoms with Gasteiger partial charge in [0.15, 0.2) is 0 Å². The maximum absolute atomic E-state index is 10.5. The standard InChI is InChI=1S/C8H13NO3/c10-5-6-3-1-2-4-7(6)9-8(11)12/h5-7,9H,1-4H2,(H,11,12)/t6-,7+/m0/s1. The molecule has 12 heavy (non-hydrogen) atoms. The molecule has 68 valence electrons. The fraction of sp³-hybridized carbons (Fsp3) is 0.750. The summed E-state index contributed by atoms with van der Waals surface area (Å²) < 4.78 is 0. The molecule has 0 bridgehead atoms. The number of nitrogens with one attached hydrogen (secondary N) is 1. The number of aldehydes is 1. The summed E-state index contributed by atoms with van der Waals surface area (Å²) in [5.74, 6) is -0.116. The van der Waals surface area contributed by atoms with Gasteiger partial charge in [0.05, 0.1) is 0 Å². The topological polar surface area (TPSA) is 66.4 Å². The number of amides is 1. The molecule has 0 aromatic heterocycles. The van der Waals surface area contributed by atoms with Crippen LogP contribution in [0.5, 0.6) is 0 Å². The molecule has 4 nitrogen and oxygen atoms in total. The molecule has 2 N–H and O–H groups in total. The van der Waals surface area contributed by atoms with Gasteiger partial charge < -0.3 is 15.2 Å². The zero-order chi connectivity index (χ0) is 8.97. The third kappa shape index (κ3) is 2.22. The summed E-state index contributed by atoms with van der Waals surface area (Å²) in [5, 5.41) is 10.8. The van der Waals surface area contributed by atoms with Gasteiger partial charge in [0.2, 0.25) is 0 Å². The Labute approximate surface area is 71.0 Å². The summed E-state index contributed by atoms with van der Waals surface area (Å²) >= 11 is 0. The fourth-order valence-corrected chi connectivity index (χ4v) is 1.66. The van der Waals surface area contributed by atoms with E-state index in [-0.39, 0.29) is 12.0 Å². The first-order valence-corrected chi connectivity index (χ1v) is 4.19. The van der Waals surface area contributed by atoms with Gasteiger partial charge in [-0.25, -0.2) is 4.79 Å². The number of hydrogen-bond donors (Lipinski definition) is 2. The largest absolute Gasteiger partial charge is 0.465 e. The second-order valence-electron chi connectivity index (χ2n) is 3.14. The van der Waals surface area contributed by atoms with Crippen molar-refractivity contribution in [1.29, 1.82) is 0 Å². The van der Waals surface area contributed by atoms with Gasteiger partial charge in [-0.1, -0.05) is 12.8 Å². The summed E-state index contributed by atoms with van der Waals surface area (Å²) in [4.78, 5) is 20.8. The third-order valence-corrected chi connectivity index (χ3v) is 2.30. The number of hydrogen-bond acceptors (Lipinski definition) is 2. The third-order valence-electron chi connectivity index (χ3n) is 2.30. The lowest BCUT2D eigenvalue weighted by molar-refractivity contribution is -0.112. The Morgan fingerprint density at radius 1 is 1.42 bits per heavy atom. The molecule has 0 aliphatic heterocycles. The molecular formula is C8H13NO3. The molecule has 1 aliphatic carbocycles. The van der Waals surface area contributed by atoms with Gasteiger partial charge in [0.25, 0.3) is 0 Å².